The second kappa shape index (κ2) is 8.32. The molecule has 0 fully saturated rings. The van der Waals surface area contributed by atoms with Gasteiger partial charge in [0.15, 0.2) is 0 Å². The van der Waals surface area contributed by atoms with Crippen LogP contribution in [0.25, 0.3) is 0 Å². The van der Waals surface area contributed by atoms with Gasteiger partial charge in [0.1, 0.15) is 0 Å². The van der Waals surface area contributed by atoms with E-state index in [1.54, 1.807) is 12.1 Å². The molecule has 0 aliphatic heterocycles. The number of carbonyl (C=O) groups excluding carboxylic acids is 1. The number of primary amides is 1. The van der Waals surface area contributed by atoms with E-state index in [0.29, 0.717) is 12.1 Å². The average molecular weight is 298 g/mol. The van der Waals surface area contributed by atoms with Crippen LogP contribution >= 0.6 is 0 Å². The van der Waals surface area contributed by atoms with E-state index in [1.807, 2.05) is 42.5 Å². The zero-order valence-corrected chi connectivity index (χ0v) is 12.5. The lowest BCUT2D eigenvalue weighted by atomic mass is 10.1. The number of hydrogen-bond acceptors (Lipinski definition) is 3. The fourth-order valence-corrected chi connectivity index (χ4v) is 2.29. The molecule has 2 aromatic rings. The van der Waals surface area contributed by atoms with Gasteiger partial charge in [0, 0.05) is 12.1 Å². The summed E-state index contributed by atoms with van der Waals surface area (Å²) in [6, 6.07) is 17.0. The number of nitrogens with one attached hydrogen (secondary N) is 1. The summed E-state index contributed by atoms with van der Waals surface area (Å²) in [4.78, 5) is 11.0. The van der Waals surface area contributed by atoms with Crippen molar-refractivity contribution in [3.63, 3.8) is 0 Å². The van der Waals surface area contributed by atoms with Crippen LogP contribution in [0.15, 0.2) is 54.6 Å². The summed E-state index contributed by atoms with van der Waals surface area (Å²) in [6.45, 7) is 1.38. The van der Waals surface area contributed by atoms with Crippen molar-refractivity contribution in [3.05, 3.63) is 71.3 Å². The molecule has 4 heteroatoms. The molecule has 0 saturated heterocycles. The Morgan fingerprint density at radius 1 is 1.09 bits per heavy atom. The monoisotopic (exact) mass is 298 g/mol. The van der Waals surface area contributed by atoms with Crippen LogP contribution in [0.2, 0.25) is 0 Å². The van der Waals surface area contributed by atoms with Crippen LogP contribution < -0.4 is 11.1 Å². The van der Waals surface area contributed by atoms with Crippen LogP contribution in [0.4, 0.5) is 0 Å². The Labute approximate surface area is 131 Å². The van der Waals surface area contributed by atoms with Crippen molar-refractivity contribution < 1.29 is 9.90 Å². The van der Waals surface area contributed by atoms with Crippen molar-refractivity contribution in [2.45, 2.75) is 18.9 Å². The normalized spacial score (nSPS) is 12.0. The summed E-state index contributed by atoms with van der Waals surface area (Å²) in [6.07, 6.45) is 1.42. The van der Waals surface area contributed by atoms with E-state index < -0.39 is 12.0 Å². The number of carbonyl (C=O) groups is 1. The minimum absolute atomic E-state index is 0.400. The third kappa shape index (κ3) is 4.98. The molecular formula is C18H22N2O2. The maximum Gasteiger partial charge on any atom is 0.248 e. The van der Waals surface area contributed by atoms with Crippen LogP contribution in [-0.4, -0.2) is 24.1 Å². The number of aliphatic hydroxyl groups is 1. The second-order valence-corrected chi connectivity index (χ2v) is 5.30. The zero-order chi connectivity index (χ0) is 15.8. The second-order valence-electron chi connectivity index (χ2n) is 5.30. The van der Waals surface area contributed by atoms with Crippen LogP contribution in [0.5, 0.6) is 0 Å². The van der Waals surface area contributed by atoms with Gasteiger partial charge in [-0.3, -0.25) is 4.79 Å². The van der Waals surface area contributed by atoms with E-state index in [9.17, 15) is 9.90 Å². The Kier molecular flexibility index (Phi) is 6.13. The smallest absolute Gasteiger partial charge is 0.248 e. The Morgan fingerprint density at radius 3 is 2.41 bits per heavy atom. The Balaban J connectivity index is 1.66. The fraction of sp³-hybridized carbons (Fsp3) is 0.278. The molecule has 0 saturated carbocycles. The lowest BCUT2D eigenvalue weighted by Gasteiger charge is -2.12. The van der Waals surface area contributed by atoms with Crippen molar-refractivity contribution in [1.29, 1.82) is 0 Å². The maximum absolute atomic E-state index is 11.0. The first kappa shape index (κ1) is 16.2. The van der Waals surface area contributed by atoms with Crippen LogP contribution in [0.1, 0.15) is 34.0 Å². The number of aryl methyl sites for hydroxylation is 1. The SMILES string of the molecule is NC(=O)c1ccc(CCCNCC(O)c2ccccc2)cc1. The van der Waals surface area contributed by atoms with Crippen LogP contribution in [0.3, 0.4) is 0 Å². The molecule has 1 atom stereocenters. The van der Waals surface area contributed by atoms with Gasteiger partial charge >= 0.3 is 0 Å². The molecule has 22 heavy (non-hydrogen) atoms. The average Bonchev–Trinajstić information content (AvgIpc) is 2.55. The third-order valence-electron chi connectivity index (χ3n) is 3.58. The molecule has 116 valence electrons. The van der Waals surface area contributed by atoms with E-state index in [4.69, 9.17) is 5.73 Å². The van der Waals surface area contributed by atoms with Gasteiger partial charge in [-0.1, -0.05) is 42.5 Å². The molecule has 1 amide bonds. The van der Waals surface area contributed by atoms with Crippen LogP contribution in [-0.2, 0) is 6.42 Å². The van der Waals surface area contributed by atoms with Crippen molar-refractivity contribution in [3.8, 4) is 0 Å². The predicted octanol–water partition coefficient (Wildman–Crippen LogP) is 2.04. The van der Waals surface area contributed by atoms with Crippen LogP contribution in [0, 0.1) is 0 Å². The lowest BCUT2D eigenvalue weighted by molar-refractivity contribution is 0.100. The first-order valence-electron chi connectivity index (χ1n) is 7.49. The van der Waals surface area contributed by atoms with Gasteiger partial charge < -0.3 is 16.2 Å². The first-order chi connectivity index (χ1) is 10.7. The van der Waals surface area contributed by atoms with Gasteiger partial charge in [0.25, 0.3) is 0 Å². The van der Waals surface area contributed by atoms with Crippen molar-refractivity contribution >= 4 is 5.91 Å². The van der Waals surface area contributed by atoms with Gasteiger partial charge in [-0.15, -0.1) is 0 Å². The van der Waals surface area contributed by atoms with E-state index in [-0.39, 0.29) is 0 Å². The Hall–Kier alpha value is -2.17. The highest BCUT2D eigenvalue weighted by Gasteiger charge is 2.05. The van der Waals surface area contributed by atoms with E-state index >= 15 is 0 Å². The number of aliphatic hydroxyl groups excluding tert-OH is 1. The lowest BCUT2D eigenvalue weighted by Crippen LogP contribution is -2.22. The molecule has 0 heterocycles. The minimum atomic E-state index is -0.476. The third-order valence-corrected chi connectivity index (χ3v) is 3.58. The topological polar surface area (TPSA) is 75.4 Å². The number of rotatable bonds is 8. The number of amides is 1. The maximum atomic E-state index is 11.0. The largest absolute Gasteiger partial charge is 0.387 e. The van der Waals surface area contributed by atoms with Gasteiger partial charge in [-0.2, -0.15) is 0 Å². The summed E-state index contributed by atoms with van der Waals surface area (Å²) in [7, 11) is 0. The summed E-state index contributed by atoms with van der Waals surface area (Å²) < 4.78 is 0. The molecule has 1 unspecified atom stereocenters. The molecule has 4 nitrogen and oxygen atoms in total. The number of hydrogen-bond donors (Lipinski definition) is 3. The highest BCUT2D eigenvalue weighted by Crippen LogP contribution is 2.10. The summed E-state index contributed by atoms with van der Waals surface area (Å²) >= 11 is 0. The summed E-state index contributed by atoms with van der Waals surface area (Å²) in [5.74, 6) is -0.400. The van der Waals surface area contributed by atoms with Crippen molar-refractivity contribution in [1.82, 2.24) is 5.32 Å². The quantitative estimate of drug-likeness (QED) is 0.653. The van der Waals surface area contributed by atoms with Gasteiger partial charge in [-0.25, -0.2) is 0 Å². The first-order valence-corrected chi connectivity index (χ1v) is 7.49. The molecule has 4 N–H and O–H groups in total. The van der Waals surface area contributed by atoms with E-state index in [2.05, 4.69) is 5.32 Å². The summed E-state index contributed by atoms with van der Waals surface area (Å²) in [5, 5.41) is 13.3. The molecule has 2 rings (SSSR count). The Bertz CT molecular complexity index is 582. The van der Waals surface area contributed by atoms with Crippen molar-refractivity contribution in [2.75, 3.05) is 13.1 Å². The molecule has 0 aromatic heterocycles. The highest BCUT2D eigenvalue weighted by atomic mass is 16.3. The summed E-state index contributed by atoms with van der Waals surface area (Å²) in [5.41, 5.74) is 7.85. The molecule has 0 aliphatic carbocycles. The van der Waals surface area contributed by atoms with Gasteiger partial charge in [0.2, 0.25) is 5.91 Å². The van der Waals surface area contributed by atoms with Gasteiger partial charge in [-0.05, 0) is 42.6 Å². The van der Waals surface area contributed by atoms with E-state index in [1.165, 1.54) is 5.56 Å². The fourth-order valence-electron chi connectivity index (χ4n) is 2.29. The molecular weight excluding hydrogens is 276 g/mol. The Morgan fingerprint density at radius 2 is 1.77 bits per heavy atom. The molecule has 0 radical (unpaired) electrons. The molecule has 0 bridgehead atoms. The zero-order valence-electron chi connectivity index (χ0n) is 12.5. The molecule has 0 spiro atoms. The van der Waals surface area contributed by atoms with Crippen molar-refractivity contribution in [2.24, 2.45) is 5.73 Å². The highest BCUT2D eigenvalue weighted by molar-refractivity contribution is 5.92. The van der Waals surface area contributed by atoms with E-state index in [0.717, 1.165) is 24.9 Å². The standard InChI is InChI=1S/C18H22N2O2/c19-18(22)16-10-8-14(9-11-16)5-4-12-20-13-17(21)15-6-2-1-3-7-15/h1-3,6-11,17,20-21H,4-5,12-13H2,(H2,19,22). The molecule has 2 aromatic carbocycles. The minimum Gasteiger partial charge on any atom is -0.387 e. The molecule has 0 aliphatic rings. The number of benzene rings is 2. The predicted molar refractivity (Wildman–Crippen MR) is 87.6 cm³/mol. The van der Waals surface area contributed by atoms with Gasteiger partial charge in [0.05, 0.1) is 6.10 Å². The number of nitrogens with two attached hydrogens (primary N) is 1.